The molecule has 2 heteroatoms. The monoisotopic (exact) mass is 274 g/mol. The molecule has 0 amide bonds. The molecule has 1 heterocycles. The molecular formula is C18H28NO+. The van der Waals surface area contributed by atoms with Crippen LogP contribution in [-0.2, 0) is 12.8 Å². The van der Waals surface area contributed by atoms with Crippen LogP contribution in [0.15, 0.2) is 18.2 Å². The van der Waals surface area contributed by atoms with Crippen LogP contribution in [0.4, 0.5) is 0 Å². The molecule has 20 heavy (non-hydrogen) atoms. The van der Waals surface area contributed by atoms with Gasteiger partial charge < -0.3 is 10.0 Å². The van der Waals surface area contributed by atoms with E-state index in [4.69, 9.17) is 0 Å². The summed E-state index contributed by atoms with van der Waals surface area (Å²) in [5.41, 5.74) is 4.15. The number of piperidine rings is 1. The van der Waals surface area contributed by atoms with Gasteiger partial charge in [-0.05, 0) is 68.6 Å². The van der Waals surface area contributed by atoms with Crippen LogP contribution in [0.25, 0.3) is 0 Å². The fourth-order valence-corrected chi connectivity index (χ4v) is 4.04. The lowest BCUT2D eigenvalue weighted by Crippen LogP contribution is -3.16. The van der Waals surface area contributed by atoms with Gasteiger partial charge in [0.1, 0.15) is 12.1 Å². The van der Waals surface area contributed by atoms with E-state index >= 15 is 0 Å². The highest BCUT2D eigenvalue weighted by Gasteiger charge is 2.30. The Morgan fingerprint density at radius 2 is 1.75 bits per heavy atom. The number of benzene rings is 1. The van der Waals surface area contributed by atoms with Gasteiger partial charge in [0.15, 0.2) is 0 Å². The van der Waals surface area contributed by atoms with E-state index in [1.165, 1.54) is 68.3 Å². The number of hydrogen-bond acceptors (Lipinski definition) is 1. The molecule has 1 saturated heterocycles. The first-order valence-electron chi connectivity index (χ1n) is 8.40. The van der Waals surface area contributed by atoms with E-state index in [2.05, 4.69) is 25.1 Å². The van der Waals surface area contributed by atoms with Gasteiger partial charge in [-0.25, -0.2) is 0 Å². The number of rotatable bonds is 3. The van der Waals surface area contributed by atoms with E-state index in [-0.39, 0.29) is 6.10 Å². The summed E-state index contributed by atoms with van der Waals surface area (Å²) in [6.07, 6.45) is 8.65. The predicted molar refractivity (Wildman–Crippen MR) is 82.1 cm³/mol. The van der Waals surface area contributed by atoms with Crippen LogP contribution in [0.1, 0.15) is 61.8 Å². The van der Waals surface area contributed by atoms with E-state index < -0.39 is 0 Å². The van der Waals surface area contributed by atoms with Gasteiger partial charge in [-0.3, -0.25) is 0 Å². The van der Waals surface area contributed by atoms with E-state index in [1.807, 2.05) is 0 Å². The average molecular weight is 274 g/mol. The molecule has 2 N–H and O–H groups in total. The van der Waals surface area contributed by atoms with Crippen LogP contribution in [-0.4, -0.2) is 24.2 Å². The second-order valence-corrected chi connectivity index (χ2v) is 6.64. The van der Waals surface area contributed by atoms with E-state index in [0.717, 1.165) is 6.42 Å². The summed E-state index contributed by atoms with van der Waals surface area (Å²) in [5, 5.41) is 10.9. The molecule has 0 radical (unpaired) electrons. The van der Waals surface area contributed by atoms with Crippen molar-refractivity contribution >= 4 is 0 Å². The van der Waals surface area contributed by atoms with Gasteiger partial charge in [0.05, 0.1) is 13.1 Å². The van der Waals surface area contributed by atoms with Crippen LogP contribution >= 0.6 is 0 Å². The Balaban J connectivity index is 1.80. The third-order valence-corrected chi connectivity index (χ3v) is 5.36. The summed E-state index contributed by atoms with van der Waals surface area (Å²) in [5.74, 6) is 0. The molecule has 1 aromatic rings. The number of aliphatic hydroxyl groups excluding tert-OH is 1. The summed E-state index contributed by atoms with van der Waals surface area (Å²) in [7, 11) is 0. The molecule has 0 saturated carbocycles. The molecule has 1 aromatic carbocycles. The molecule has 0 spiro atoms. The molecular weight excluding hydrogens is 246 g/mol. The van der Waals surface area contributed by atoms with E-state index in [0.29, 0.717) is 6.04 Å². The Morgan fingerprint density at radius 3 is 2.55 bits per heavy atom. The highest BCUT2D eigenvalue weighted by molar-refractivity contribution is 5.38. The molecule has 0 bridgehead atoms. The van der Waals surface area contributed by atoms with Gasteiger partial charge in [-0.2, -0.15) is 0 Å². The van der Waals surface area contributed by atoms with Crippen molar-refractivity contribution in [2.24, 2.45) is 0 Å². The topological polar surface area (TPSA) is 24.7 Å². The molecule has 3 rings (SSSR count). The van der Waals surface area contributed by atoms with Crippen molar-refractivity contribution in [3.8, 4) is 0 Å². The maximum atomic E-state index is 10.9. The SMILES string of the molecule is C[C@H]([C@@H](O)c1cccc2c1CCCC2)[NH+]1CCCCC1. The van der Waals surface area contributed by atoms with Crippen LogP contribution < -0.4 is 4.90 Å². The van der Waals surface area contributed by atoms with Gasteiger partial charge in [0.25, 0.3) is 0 Å². The van der Waals surface area contributed by atoms with Gasteiger partial charge in [-0.1, -0.05) is 18.2 Å². The van der Waals surface area contributed by atoms with Crippen LogP contribution in [0.5, 0.6) is 0 Å². The third-order valence-electron chi connectivity index (χ3n) is 5.36. The fraction of sp³-hybridized carbons (Fsp3) is 0.667. The lowest BCUT2D eigenvalue weighted by atomic mass is 9.85. The maximum Gasteiger partial charge on any atom is 0.131 e. The van der Waals surface area contributed by atoms with Gasteiger partial charge >= 0.3 is 0 Å². The lowest BCUT2D eigenvalue weighted by molar-refractivity contribution is -0.932. The number of quaternary nitrogens is 1. The lowest BCUT2D eigenvalue weighted by Gasteiger charge is -2.33. The van der Waals surface area contributed by atoms with Gasteiger partial charge in [-0.15, -0.1) is 0 Å². The Kier molecular flexibility index (Phi) is 4.42. The standard InChI is InChI=1S/C18H27NO/c1-14(19-12-5-2-6-13-19)18(20)17-11-7-9-15-8-3-4-10-16(15)17/h7,9,11,14,18,20H,2-6,8,10,12-13H2,1H3/p+1/t14-,18-/m1/s1. The molecule has 1 fully saturated rings. The predicted octanol–water partition coefficient (Wildman–Crippen LogP) is 2.06. The Morgan fingerprint density at radius 1 is 1.00 bits per heavy atom. The quantitative estimate of drug-likeness (QED) is 0.866. The summed E-state index contributed by atoms with van der Waals surface area (Å²) in [4.78, 5) is 1.59. The summed E-state index contributed by atoms with van der Waals surface area (Å²) in [6.45, 7) is 4.69. The largest absolute Gasteiger partial charge is 0.382 e. The molecule has 0 aromatic heterocycles. The smallest absolute Gasteiger partial charge is 0.131 e. The molecule has 0 unspecified atom stereocenters. The maximum absolute atomic E-state index is 10.9. The first-order chi connectivity index (χ1) is 9.77. The van der Waals surface area contributed by atoms with Crippen molar-refractivity contribution in [2.75, 3.05) is 13.1 Å². The third kappa shape index (κ3) is 2.77. The molecule has 2 nitrogen and oxygen atoms in total. The number of aryl methyl sites for hydroxylation is 1. The van der Waals surface area contributed by atoms with Gasteiger partial charge in [0.2, 0.25) is 0 Å². The first-order valence-corrected chi connectivity index (χ1v) is 8.40. The van der Waals surface area contributed by atoms with Crippen LogP contribution in [0.3, 0.4) is 0 Å². The van der Waals surface area contributed by atoms with Crippen molar-refractivity contribution in [3.05, 3.63) is 34.9 Å². The molecule has 1 aliphatic heterocycles. The minimum absolute atomic E-state index is 0.295. The van der Waals surface area contributed by atoms with Crippen molar-refractivity contribution < 1.29 is 10.0 Å². The summed E-state index contributed by atoms with van der Waals surface area (Å²) >= 11 is 0. The normalized spacial score (nSPS) is 23.1. The number of hydrogen-bond donors (Lipinski definition) is 2. The Hall–Kier alpha value is -0.860. The number of likely N-dealkylation sites (tertiary alicyclic amines) is 1. The summed E-state index contributed by atoms with van der Waals surface area (Å²) < 4.78 is 0. The van der Waals surface area contributed by atoms with Crippen molar-refractivity contribution in [1.82, 2.24) is 0 Å². The number of aliphatic hydroxyl groups is 1. The number of fused-ring (bicyclic) bond motifs is 1. The minimum Gasteiger partial charge on any atom is -0.382 e. The molecule has 110 valence electrons. The van der Waals surface area contributed by atoms with Crippen LogP contribution in [0.2, 0.25) is 0 Å². The van der Waals surface area contributed by atoms with Gasteiger partial charge in [0, 0.05) is 0 Å². The molecule has 1 aliphatic carbocycles. The zero-order valence-electron chi connectivity index (χ0n) is 12.7. The van der Waals surface area contributed by atoms with E-state index in [1.54, 1.807) is 4.90 Å². The second kappa shape index (κ2) is 6.28. The molecule has 2 atom stereocenters. The second-order valence-electron chi connectivity index (χ2n) is 6.64. The summed E-state index contributed by atoms with van der Waals surface area (Å²) in [6, 6.07) is 6.88. The first kappa shape index (κ1) is 14.1. The number of nitrogens with one attached hydrogen (secondary N) is 1. The highest BCUT2D eigenvalue weighted by atomic mass is 16.3. The van der Waals surface area contributed by atoms with Crippen molar-refractivity contribution in [2.45, 2.75) is 64.0 Å². The molecule has 2 aliphatic rings. The van der Waals surface area contributed by atoms with E-state index in [9.17, 15) is 5.11 Å². The minimum atomic E-state index is -0.295. The van der Waals surface area contributed by atoms with Crippen molar-refractivity contribution in [3.63, 3.8) is 0 Å². The zero-order chi connectivity index (χ0) is 13.9. The highest BCUT2D eigenvalue weighted by Crippen LogP contribution is 2.29. The zero-order valence-corrected chi connectivity index (χ0v) is 12.7. The van der Waals surface area contributed by atoms with Crippen molar-refractivity contribution in [1.29, 1.82) is 0 Å². The fourth-order valence-electron chi connectivity index (χ4n) is 4.04. The van der Waals surface area contributed by atoms with Crippen LogP contribution in [0, 0.1) is 0 Å². The average Bonchev–Trinajstić information content (AvgIpc) is 2.54. The Bertz CT molecular complexity index is 451. The Labute approximate surface area is 122 Å².